The number of rotatable bonds is 2. The molecule has 90 valence electrons. The molecule has 0 N–H and O–H groups in total. The Labute approximate surface area is 115 Å². The molecular formula is C12H13BrN2OS. The lowest BCUT2D eigenvalue weighted by molar-refractivity contribution is 0.415. The van der Waals surface area contributed by atoms with Crippen LogP contribution in [0.15, 0.2) is 35.6 Å². The molecule has 0 aliphatic carbocycles. The Kier molecular flexibility index (Phi) is 3.79. The van der Waals surface area contributed by atoms with Gasteiger partial charge in [0.2, 0.25) is 0 Å². The van der Waals surface area contributed by atoms with E-state index in [4.69, 9.17) is 4.74 Å². The van der Waals surface area contributed by atoms with Gasteiger partial charge in [-0.15, -0.1) is 17.0 Å². The van der Waals surface area contributed by atoms with E-state index in [-0.39, 0.29) is 17.0 Å². The van der Waals surface area contributed by atoms with Crippen molar-refractivity contribution >= 4 is 28.7 Å². The van der Waals surface area contributed by atoms with Gasteiger partial charge in [-0.05, 0) is 24.3 Å². The molecule has 0 fully saturated rings. The van der Waals surface area contributed by atoms with E-state index in [1.54, 1.807) is 7.11 Å². The number of halogens is 1. The summed E-state index contributed by atoms with van der Waals surface area (Å²) in [5, 5.41) is 1.13. The summed E-state index contributed by atoms with van der Waals surface area (Å²) in [4.78, 5) is 4.60. The summed E-state index contributed by atoms with van der Waals surface area (Å²) in [5.74, 6) is 2.02. The van der Waals surface area contributed by atoms with Crippen LogP contribution in [0.2, 0.25) is 0 Å². The highest BCUT2D eigenvalue weighted by atomic mass is 79.9. The number of ether oxygens (including phenoxy) is 1. The summed E-state index contributed by atoms with van der Waals surface area (Å²) in [6.07, 6.45) is 2.12. The van der Waals surface area contributed by atoms with Crippen molar-refractivity contribution in [1.29, 1.82) is 0 Å². The second-order valence-corrected chi connectivity index (χ2v) is 4.74. The Morgan fingerprint density at radius 1 is 1.29 bits per heavy atom. The zero-order chi connectivity index (χ0) is 11.0. The summed E-state index contributed by atoms with van der Waals surface area (Å²) in [5.41, 5.74) is 2.19. The van der Waals surface area contributed by atoms with E-state index in [2.05, 4.69) is 15.7 Å². The third-order valence-electron chi connectivity index (χ3n) is 2.69. The minimum absolute atomic E-state index is 0. The monoisotopic (exact) mass is 312 g/mol. The number of imidazole rings is 1. The molecule has 3 nitrogen and oxygen atoms in total. The van der Waals surface area contributed by atoms with Crippen molar-refractivity contribution in [3.63, 3.8) is 0 Å². The molecule has 0 unspecified atom stereocenters. The average molecular weight is 313 g/mol. The predicted molar refractivity (Wildman–Crippen MR) is 75.3 cm³/mol. The first-order chi connectivity index (χ1) is 7.86. The number of benzene rings is 1. The SMILES string of the molecule is Br.COc1ccc(-c2cn3c(n2)SCC3)cc1. The first kappa shape index (κ1) is 12.5. The fraction of sp³-hybridized carbons (Fsp3) is 0.250. The largest absolute Gasteiger partial charge is 0.497 e. The van der Waals surface area contributed by atoms with Gasteiger partial charge in [-0.2, -0.15) is 0 Å². The number of methoxy groups -OCH3 is 1. The zero-order valence-electron chi connectivity index (χ0n) is 9.42. The van der Waals surface area contributed by atoms with Gasteiger partial charge in [0, 0.05) is 24.1 Å². The Balaban J connectivity index is 0.00000108. The molecule has 3 rings (SSSR count). The molecule has 0 radical (unpaired) electrons. The van der Waals surface area contributed by atoms with Crippen molar-refractivity contribution in [3.8, 4) is 17.0 Å². The van der Waals surface area contributed by atoms with E-state index in [0.717, 1.165) is 34.5 Å². The molecule has 17 heavy (non-hydrogen) atoms. The standard InChI is InChI=1S/C12H12N2OS.BrH/c1-15-10-4-2-9(3-5-10)11-8-14-6-7-16-12(14)13-11;/h2-5,8H,6-7H2,1H3;1H. The molecule has 0 atom stereocenters. The zero-order valence-corrected chi connectivity index (χ0v) is 11.9. The summed E-state index contributed by atoms with van der Waals surface area (Å²) in [6.45, 7) is 1.07. The fourth-order valence-corrected chi connectivity index (χ4v) is 2.75. The van der Waals surface area contributed by atoms with Crippen LogP contribution in [0.1, 0.15) is 0 Å². The van der Waals surface area contributed by atoms with Crippen LogP contribution >= 0.6 is 28.7 Å². The number of aromatic nitrogens is 2. The van der Waals surface area contributed by atoms with Crippen LogP contribution in [0.4, 0.5) is 0 Å². The molecule has 0 saturated carbocycles. The summed E-state index contributed by atoms with van der Waals surface area (Å²) >= 11 is 1.82. The summed E-state index contributed by atoms with van der Waals surface area (Å²) < 4.78 is 7.35. The van der Waals surface area contributed by atoms with Gasteiger partial charge in [0.1, 0.15) is 5.75 Å². The summed E-state index contributed by atoms with van der Waals surface area (Å²) in [7, 11) is 1.68. The van der Waals surface area contributed by atoms with Crippen LogP contribution in [0, 0.1) is 0 Å². The van der Waals surface area contributed by atoms with Gasteiger partial charge < -0.3 is 9.30 Å². The van der Waals surface area contributed by atoms with Crippen molar-refractivity contribution in [2.24, 2.45) is 0 Å². The Morgan fingerprint density at radius 3 is 2.71 bits per heavy atom. The highest BCUT2D eigenvalue weighted by Crippen LogP contribution is 2.29. The molecule has 1 aliphatic rings. The number of aryl methyl sites for hydroxylation is 1. The Morgan fingerprint density at radius 2 is 2.06 bits per heavy atom. The maximum atomic E-state index is 5.14. The van der Waals surface area contributed by atoms with Gasteiger partial charge in [-0.25, -0.2) is 4.98 Å². The molecule has 0 amide bonds. The van der Waals surface area contributed by atoms with E-state index in [0.29, 0.717) is 0 Å². The minimum Gasteiger partial charge on any atom is -0.497 e. The van der Waals surface area contributed by atoms with Crippen molar-refractivity contribution in [2.75, 3.05) is 12.9 Å². The number of hydrogen-bond donors (Lipinski definition) is 0. The average Bonchev–Trinajstić information content (AvgIpc) is 2.89. The lowest BCUT2D eigenvalue weighted by atomic mass is 10.2. The first-order valence-corrected chi connectivity index (χ1v) is 6.20. The van der Waals surface area contributed by atoms with Gasteiger partial charge >= 0.3 is 0 Å². The molecule has 2 heterocycles. The van der Waals surface area contributed by atoms with Crippen LogP contribution < -0.4 is 4.74 Å². The molecule has 0 bridgehead atoms. The normalized spacial score (nSPS) is 13.0. The van der Waals surface area contributed by atoms with Gasteiger partial charge in [0.05, 0.1) is 12.8 Å². The number of thioether (sulfide) groups is 1. The second-order valence-electron chi connectivity index (χ2n) is 3.68. The predicted octanol–water partition coefficient (Wildman–Crippen LogP) is 3.24. The molecule has 2 aromatic rings. The minimum atomic E-state index is 0. The fourth-order valence-electron chi connectivity index (χ4n) is 1.81. The van der Waals surface area contributed by atoms with E-state index >= 15 is 0 Å². The van der Waals surface area contributed by atoms with Crippen LogP contribution in [0.25, 0.3) is 11.3 Å². The molecule has 1 aromatic heterocycles. The van der Waals surface area contributed by atoms with Crippen LogP contribution in [-0.4, -0.2) is 22.4 Å². The van der Waals surface area contributed by atoms with Crippen molar-refractivity contribution in [2.45, 2.75) is 11.7 Å². The highest BCUT2D eigenvalue weighted by Gasteiger charge is 2.14. The van der Waals surface area contributed by atoms with E-state index in [1.165, 1.54) is 0 Å². The van der Waals surface area contributed by atoms with Gasteiger partial charge in [-0.1, -0.05) is 11.8 Å². The highest BCUT2D eigenvalue weighted by molar-refractivity contribution is 8.93. The van der Waals surface area contributed by atoms with Crippen LogP contribution in [0.3, 0.4) is 0 Å². The number of hydrogen-bond acceptors (Lipinski definition) is 3. The molecule has 1 aliphatic heterocycles. The van der Waals surface area contributed by atoms with Crippen molar-refractivity contribution < 1.29 is 4.74 Å². The van der Waals surface area contributed by atoms with E-state index in [1.807, 2.05) is 36.0 Å². The van der Waals surface area contributed by atoms with Crippen molar-refractivity contribution in [1.82, 2.24) is 9.55 Å². The lowest BCUT2D eigenvalue weighted by Crippen LogP contribution is -1.89. The molecule has 0 spiro atoms. The van der Waals surface area contributed by atoms with Crippen LogP contribution in [-0.2, 0) is 6.54 Å². The van der Waals surface area contributed by atoms with Gasteiger partial charge in [-0.3, -0.25) is 0 Å². The third kappa shape index (κ3) is 2.35. The Bertz CT molecular complexity index is 488. The molecule has 1 aromatic carbocycles. The molecule has 0 saturated heterocycles. The quantitative estimate of drug-likeness (QED) is 0.852. The molecule has 5 heteroatoms. The summed E-state index contributed by atoms with van der Waals surface area (Å²) in [6, 6.07) is 8.02. The smallest absolute Gasteiger partial charge is 0.168 e. The third-order valence-corrected chi connectivity index (χ3v) is 3.66. The maximum absolute atomic E-state index is 5.14. The van der Waals surface area contributed by atoms with E-state index in [9.17, 15) is 0 Å². The van der Waals surface area contributed by atoms with Gasteiger partial charge in [0.15, 0.2) is 5.16 Å². The second kappa shape index (κ2) is 5.14. The number of nitrogens with zero attached hydrogens (tertiary/aromatic N) is 2. The molecular weight excluding hydrogens is 300 g/mol. The first-order valence-electron chi connectivity index (χ1n) is 5.21. The van der Waals surface area contributed by atoms with Crippen molar-refractivity contribution in [3.05, 3.63) is 30.5 Å². The van der Waals surface area contributed by atoms with E-state index < -0.39 is 0 Å². The Hall–Kier alpha value is -0.940. The van der Waals surface area contributed by atoms with Gasteiger partial charge in [0.25, 0.3) is 0 Å². The maximum Gasteiger partial charge on any atom is 0.168 e. The number of fused-ring (bicyclic) bond motifs is 1. The topological polar surface area (TPSA) is 27.1 Å². The lowest BCUT2D eigenvalue weighted by Gasteiger charge is -2.00. The van der Waals surface area contributed by atoms with Crippen LogP contribution in [0.5, 0.6) is 5.75 Å².